The van der Waals surface area contributed by atoms with Crippen LogP contribution in [0, 0.1) is 12.8 Å². The Kier molecular flexibility index (Phi) is 3.63. The maximum atomic E-state index is 12.2. The van der Waals surface area contributed by atoms with Gasteiger partial charge in [0.1, 0.15) is 0 Å². The predicted octanol–water partition coefficient (Wildman–Crippen LogP) is 2.83. The molecule has 1 aliphatic carbocycles. The van der Waals surface area contributed by atoms with Crippen LogP contribution in [-0.2, 0) is 4.79 Å². The number of nitrogens with zero attached hydrogens (tertiary/aromatic N) is 1. The fourth-order valence-electron chi connectivity index (χ4n) is 2.66. The fourth-order valence-corrected chi connectivity index (χ4v) is 2.66. The number of hydrogen-bond donors (Lipinski definition) is 2. The Morgan fingerprint density at radius 1 is 1.32 bits per heavy atom. The molecule has 1 fully saturated rings. The number of anilines is 1. The summed E-state index contributed by atoms with van der Waals surface area (Å²) in [5, 5.41) is 11.9. The van der Waals surface area contributed by atoms with Crippen LogP contribution in [0.25, 0.3) is 0 Å². The fraction of sp³-hybridized carbons (Fsp3) is 0.235. The Morgan fingerprint density at radius 2 is 2.14 bits per heavy atom. The maximum absolute atomic E-state index is 12.2. The molecule has 3 rings (SSSR count). The molecule has 1 saturated carbocycles. The van der Waals surface area contributed by atoms with Crippen molar-refractivity contribution in [3.8, 4) is 0 Å². The van der Waals surface area contributed by atoms with Gasteiger partial charge in [0.2, 0.25) is 5.91 Å². The molecule has 2 atom stereocenters. The molecule has 5 nitrogen and oxygen atoms in total. The van der Waals surface area contributed by atoms with E-state index < -0.39 is 5.97 Å². The summed E-state index contributed by atoms with van der Waals surface area (Å²) in [5.74, 6) is -0.803. The molecule has 1 heterocycles. The van der Waals surface area contributed by atoms with E-state index in [-0.39, 0.29) is 23.3 Å². The van der Waals surface area contributed by atoms with E-state index in [1.807, 2.05) is 12.1 Å². The first kappa shape index (κ1) is 14.3. The summed E-state index contributed by atoms with van der Waals surface area (Å²) in [6, 6.07) is 8.67. The number of carboxylic acids is 1. The zero-order valence-electron chi connectivity index (χ0n) is 12.1. The molecule has 1 aromatic heterocycles. The molecule has 22 heavy (non-hydrogen) atoms. The molecule has 0 spiro atoms. The Balaban J connectivity index is 1.66. The van der Waals surface area contributed by atoms with Crippen molar-refractivity contribution in [2.75, 3.05) is 5.32 Å². The zero-order chi connectivity index (χ0) is 15.7. The van der Waals surface area contributed by atoms with Gasteiger partial charge in [0.05, 0.1) is 5.56 Å². The number of carbonyl (C=O) groups excluding carboxylic acids is 1. The highest BCUT2D eigenvalue weighted by Gasteiger charge is 2.44. The van der Waals surface area contributed by atoms with Gasteiger partial charge in [-0.1, -0.05) is 6.07 Å². The first-order valence-corrected chi connectivity index (χ1v) is 7.11. The summed E-state index contributed by atoms with van der Waals surface area (Å²) >= 11 is 0. The second kappa shape index (κ2) is 5.60. The number of aryl methyl sites for hydroxylation is 1. The normalized spacial score (nSPS) is 19.5. The van der Waals surface area contributed by atoms with Gasteiger partial charge in [0.15, 0.2) is 0 Å². The lowest BCUT2D eigenvalue weighted by atomic mass is 10.1. The van der Waals surface area contributed by atoms with E-state index in [0.29, 0.717) is 11.3 Å². The number of aromatic nitrogens is 1. The minimum absolute atomic E-state index is 0.0312. The summed E-state index contributed by atoms with van der Waals surface area (Å²) in [6.07, 6.45) is 4.33. The van der Waals surface area contributed by atoms with Crippen LogP contribution < -0.4 is 5.32 Å². The van der Waals surface area contributed by atoms with E-state index in [0.717, 1.165) is 12.0 Å². The van der Waals surface area contributed by atoms with E-state index in [2.05, 4.69) is 10.3 Å². The molecule has 0 unspecified atom stereocenters. The van der Waals surface area contributed by atoms with Crippen LogP contribution in [0.1, 0.15) is 33.8 Å². The summed E-state index contributed by atoms with van der Waals surface area (Å²) < 4.78 is 0. The summed E-state index contributed by atoms with van der Waals surface area (Å²) in [7, 11) is 0. The molecule has 1 amide bonds. The highest BCUT2D eigenvalue weighted by Crippen LogP contribution is 2.47. The number of pyridine rings is 1. The lowest BCUT2D eigenvalue weighted by Crippen LogP contribution is -2.15. The van der Waals surface area contributed by atoms with Crippen molar-refractivity contribution in [1.29, 1.82) is 0 Å². The smallest absolute Gasteiger partial charge is 0.335 e. The average molecular weight is 296 g/mol. The van der Waals surface area contributed by atoms with Crippen LogP contribution in [0.2, 0.25) is 0 Å². The first-order chi connectivity index (χ1) is 10.6. The SMILES string of the molecule is Cc1cc(NC(=O)[C@@H]2C[C@H]2c2cccnc2)ccc1C(=O)O. The molecular weight excluding hydrogens is 280 g/mol. The average Bonchev–Trinajstić information content (AvgIpc) is 3.28. The van der Waals surface area contributed by atoms with Gasteiger partial charge < -0.3 is 10.4 Å². The molecular formula is C17H16N2O3. The largest absolute Gasteiger partial charge is 0.478 e. The number of hydrogen-bond acceptors (Lipinski definition) is 3. The molecule has 112 valence electrons. The minimum Gasteiger partial charge on any atom is -0.478 e. The number of rotatable bonds is 4. The van der Waals surface area contributed by atoms with E-state index in [4.69, 9.17) is 5.11 Å². The summed E-state index contributed by atoms with van der Waals surface area (Å²) in [4.78, 5) is 27.3. The van der Waals surface area contributed by atoms with Gasteiger partial charge in [-0.15, -0.1) is 0 Å². The van der Waals surface area contributed by atoms with Gasteiger partial charge in [0.25, 0.3) is 0 Å². The monoisotopic (exact) mass is 296 g/mol. The van der Waals surface area contributed by atoms with Crippen molar-refractivity contribution in [2.45, 2.75) is 19.3 Å². The number of carbonyl (C=O) groups is 2. The predicted molar refractivity (Wildman–Crippen MR) is 81.9 cm³/mol. The maximum Gasteiger partial charge on any atom is 0.335 e. The van der Waals surface area contributed by atoms with Crippen molar-refractivity contribution >= 4 is 17.6 Å². The molecule has 1 aromatic carbocycles. The van der Waals surface area contributed by atoms with E-state index >= 15 is 0 Å². The van der Waals surface area contributed by atoms with Gasteiger partial charge in [0, 0.05) is 24.0 Å². The molecule has 5 heteroatoms. The zero-order valence-corrected chi connectivity index (χ0v) is 12.1. The summed E-state index contributed by atoms with van der Waals surface area (Å²) in [6.45, 7) is 1.72. The lowest BCUT2D eigenvalue weighted by Gasteiger charge is -2.07. The molecule has 2 aromatic rings. The third-order valence-electron chi connectivity index (χ3n) is 3.96. The summed E-state index contributed by atoms with van der Waals surface area (Å²) in [5.41, 5.74) is 2.59. The van der Waals surface area contributed by atoms with Crippen molar-refractivity contribution in [3.05, 3.63) is 59.4 Å². The number of benzene rings is 1. The number of carboxylic acid groups (broad SMARTS) is 1. The van der Waals surface area contributed by atoms with Gasteiger partial charge in [-0.2, -0.15) is 0 Å². The quantitative estimate of drug-likeness (QED) is 0.909. The van der Waals surface area contributed by atoms with Gasteiger partial charge >= 0.3 is 5.97 Å². The second-order valence-electron chi connectivity index (χ2n) is 5.56. The second-order valence-corrected chi connectivity index (χ2v) is 5.56. The van der Waals surface area contributed by atoms with Crippen molar-refractivity contribution < 1.29 is 14.7 Å². The third kappa shape index (κ3) is 2.83. The van der Waals surface area contributed by atoms with Crippen LogP contribution >= 0.6 is 0 Å². The molecule has 0 radical (unpaired) electrons. The Bertz CT molecular complexity index is 728. The first-order valence-electron chi connectivity index (χ1n) is 7.11. The van der Waals surface area contributed by atoms with Crippen LogP contribution in [0.4, 0.5) is 5.69 Å². The molecule has 2 N–H and O–H groups in total. The van der Waals surface area contributed by atoms with E-state index in [1.165, 1.54) is 6.07 Å². The topological polar surface area (TPSA) is 79.3 Å². The highest BCUT2D eigenvalue weighted by molar-refractivity contribution is 5.96. The van der Waals surface area contributed by atoms with Crippen molar-refractivity contribution in [3.63, 3.8) is 0 Å². The van der Waals surface area contributed by atoms with Crippen LogP contribution in [0.3, 0.4) is 0 Å². The number of aromatic carboxylic acids is 1. The van der Waals surface area contributed by atoms with Crippen LogP contribution in [-0.4, -0.2) is 22.0 Å². The van der Waals surface area contributed by atoms with Gasteiger partial charge in [-0.05, 0) is 54.7 Å². The highest BCUT2D eigenvalue weighted by atomic mass is 16.4. The number of nitrogens with one attached hydrogen (secondary N) is 1. The Labute approximate surface area is 128 Å². The molecule has 1 aliphatic rings. The molecule has 0 bridgehead atoms. The van der Waals surface area contributed by atoms with E-state index in [9.17, 15) is 9.59 Å². The van der Waals surface area contributed by atoms with Gasteiger partial charge in [-0.3, -0.25) is 9.78 Å². The Morgan fingerprint density at radius 3 is 2.77 bits per heavy atom. The standard InChI is InChI=1S/C17H16N2O3/c1-10-7-12(4-5-13(10)17(21)22)19-16(20)15-8-14(15)11-3-2-6-18-9-11/h2-7,9,14-15H,8H2,1H3,(H,19,20)(H,21,22)/t14-,15+/m0/s1. The number of amides is 1. The molecule has 0 saturated heterocycles. The minimum atomic E-state index is -0.964. The molecule has 0 aliphatic heterocycles. The van der Waals surface area contributed by atoms with E-state index in [1.54, 1.807) is 31.5 Å². The third-order valence-corrected chi connectivity index (χ3v) is 3.96. The Hall–Kier alpha value is -2.69. The van der Waals surface area contributed by atoms with Crippen LogP contribution in [0.15, 0.2) is 42.7 Å². The van der Waals surface area contributed by atoms with Crippen molar-refractivity contribution in [2.24, 2.45) is 5.92 Å². The van der Waals surface area contributed by atoms with Gasteiger partial charge in [-0.25, -0.2) is 4.79 Å². The van der Waals surface area contributed by atoms with Crippen molar-refractivity contribution in [1.82, 2.24) is 4.98 Å². The lowest BCUT2D eigenvalue weighted by molar-refractivity contribution is -0.117. The van der Waals surface area contributed by atoms with Crippen LogP contribution in [0.5, 0.6) is 0 Å².